The molecule has 0 bridgehead atoms. The molecule has 3 rings (SSSR count). The predicted molar refractivity (Wildman–Crippen MR) is 92.2 cm³/mol. The van der Waals surface area contributed by atoms with Crippen LogP contribution in [0.25, 0.3) is 0 Å². The SMILES string of the molecule is Cc1nc(N2CCCCC2)ncc1C(=O)Nc1ccc(F)c(Cl)c1. The normalized spacial score (nSPS) is 14.5. The summed E-state index contributed by atoms with van der Waals surface area (Å²) >= 11 is 5.72. The maximum Gasteiger partial charge on any atom is 0.259 e. The lowest BCUT2D eigenvalue weighted by atomic mass is 10.1. The molecule has 0 spiro atoms. The molecule has 1 fully saturated rings. The van der Waals surface area contributed by atoms with Gasteiger partial charge in [-0.2, -0.15) is 0 Å². The largest absolute Gasteiger partial charge is 0.341 e. The summed E-state index contributed by atoms with van der Waals surface area (Å²) in [5.74, 6) is -0.214. The molecule has 0 saturated carbocycles. The Morgan fingerprint density at radius 3 is 2.71 bits per heavy atom. The van der Waals surface area contributed by atoms with E-state index in [0.29, 0.717) is 22.9 Å². The topological polar surface area (TPSA) is 58.1 Å². The fourth-order valence-corrected chi connectivity index (χ4v) is 2.88. The Kier molecular flexibility index (Phi) is 4.94. The van der Waals surface area contributed by atoms with Crippen LogP contribution in [0.5, 0.6) is 0 Å². The fourth-order valence-electron chi connectivity index (χ4n) is 2.70. The number of hydrogen-bond donors (Lipinski definition) is 1. The van der Waals surface area contributed by atoms with Gasteiger partial charge in [0, 0.05) is 25.0 Å². The third-order valence-electron chi connectivity index (χ3n) is 4.03. The van der Waals surface area contributed by atoms with Gasteiger partial charge >= 0.3 is 0 Å². The van der Waals surface area contributed by atoms with Crippen LogP contribution in [-0.2, 0) is 0 Å². The second-order valence-electron chi connectivity index (χ2n) is 5.80. The number of aromatic nitrogens is 2. The number of rotatable bonds is 3. The molecule has 5 nitrogen and oxygen atoms in total. The Labute approximate surface area is 144 Å². The average molecular weight is 349 g/mol. The molecule has 7 heteroatoms. The lowest BCUT2D eigenvalue weighted by molar-refractivity contribution is 0.102. The summed E-state index contributed by atoms with van der Waals surface area (Å²) in [7, 11) is 0. The van der Waals surface area contributed by atoms with E-state index in [1.807, 2.05) is 0 Å². The Balaban J connectivity index is 1.75. The standard InChI is InChI=1S/C17H18ClFN4O/c1-11-13(10-20-17(21-11)23-7-3-2-4-8-23)16(24)22-12-5-6-15(19)14(18)9-12/h5-6,9-10H,2-4,7-8H2,1H3,(H,22,24). The number of carbonyl (C=O) groups excluding carboxylic acids is 1. The van der Waals surface area contributed by atoms with Gasteiger partial charge < -0.3 is 10.2 Å². The molecule has 1 aromatic heterocycles. The quantitative estimate of drug-likeness (QED) is 0.916. The number of amides is 1. The highest BCUT2D eigenvalue weighted by atomic mass is 35.5. The van der Waals surface area contributed by atoms with Crippen molar-refractivity contribution < 1.29 is 9.18 Å². The number of anilines is 2. The zero-order valence-electron chi connectivity index (χ0n) is 13.4. The molecule has 1 N–H and O–H groups in total. The third-order valence-corrected chi connectivity index (χ3v) is 4.32. The van der Waals surface area contributed by atoms with E-state index >= 15 is 0 Å². The van der Waals surface area contributed by atoms with Crippen molar-refractivity contribution in [3.63, 3.8) is 0 Å². The first-order chi connectivity index (χ1) is 11.5. The second kappa shape index (κ2) is 7.13. The zero-order valence-corrected chi connectivity index (χ0v) is 14.1. The predicted octanol–water partition coefficient (Wildman–Crippen LogP) is 3.82. The summed E-state index contributed by atoms with van der Waals surface area (Å²) in [6.45, 7) is 3.67. The van der Waals surface area contributed by atoms with E-state index in [-0.39, 0.29) is 10.9 Å². The van der Waals surface area contributed by atoms with Crippen molar-refractivity contribution in [1.82, 2.24) is 9.97 Å². The summed E-state index contributed by atoms with van der Waals surface area (Å²) in [5, 5.41) is 2.64. The minimum atomic E-state index is -0.528. The van der Waals surface area contributed by atoms with Crippen molar-refractivity contribution in [3.05, 3.63) is 46.5 Å². The van der Waals surface area contributed by atoms with Gasteiger partial charge in [0.1, 0.15) is 5.82 Å². The molecule has 2 aromatic rings. The summed E-state index contributed by atoms with van der Waals surface area (Å²) in [5.41, 5.74) is 1.42. The first kappa shape index (κ1) is 16.6. The second-order valence-corrected chi connectivity index (χ2v) is 6.21. The third kappa shape index (κ3) is 3.64. The maximum absolute atomic E-state index is 13.2. The fraction of sp³-hybridized carbons (Fsp3) is 0.353. The van der Waals surface area contributed by atoms with Crippen LogP contribution in [0.4, 0.5) is 16.0 Å². The van der Waals surface area contributed by atoms with Crippen LogP contribution in [0.2, 0.25) is 5.02 Å². The lowest BCUT2D eigenvalue weighted by Gasteiger charge is -2.26. The number of carbonyl (C=O) groups is 1. The molecule has 1 aliphatic heterocycles. The highest BCUT2D eigenvalue weighted by molar-refractivity contribution is 6.31. The van der Waals surface area contributed by atoms with E-state index in [0.717, 1.165) is 25.9 Å². The van der Waals surface area contributed by atoms with Gasteiger partial charge in [-0.25, -0.2) is 14.4 Å². The lowest BCUT2D eigenvalue weighted by Crippen LogP contribution is -2.31. The van der Waals surface area contributed by atoms with Gasteiger partial charge in [0.2, 0.25) is 5.95 Å². The van der Waals surface area contributed by atoms with Crippen molar-refractivity contribution in [1.29, 1.82) is 0 Å². The molecule has 0 unspecified atom stereocenters. The van der Waals surface area contributed by atoms with Gasteiger partial charge in [-0.1, -0.05) is 11.6 Å². The Morgan fingerprint density at radius 1 is 1.29 bits per heavy atom. The monoisotopic (exact) mass is 348 g/mol. The van der Waals surface area contributed by atoms with Crippen LogP contribution in [-0.4, -0.2) is 29.0 Å². The highest BCUT2D eigenvalue weighted by Gasteiger charge is 2.17. The van der Waals surface area contributed by atoms with Gasteiger partial charge in [-0.15, -0.1) is 0 Å². The number of nitrogens with zero attached hydrogens (tertiary/aromatic N) is 3. The van der Waals surface area contributed by atoms with Gasteiger partial charge in [0.25, 0.3) is 5.91 Å². The molecule has 1 amide bonds. The van der Waals surface area contributed by atoms with E-state index in [4.69, 9.17) is 11.6 Å². The summed E-state index contributed by atoms with van der Waals surface area (Å²) in [4.78, 5) is 23.3. The maximum atomic E-state index is 13.2. The van der Waals surface area contributed by atoms with Crippen LogP contribution in [0.3, 0.4) is 0 Å². The zero-order chi connectivity index (χ0) is 17.1. The Morgan fingerprint density at radius 2 is 2.04 bits per heavy atom. The van der Waals surface area contributed by atoms with Crippen molar-refractivity contribution >= 4 is 29.1 Å². The molecular weight excluding hydrogens is 331 g/mol. The smallest absolute Gasteiger partial charge is 0.259 e. The minimum Gasteiger partial charge on any atom is -0.341 e. The van der Waals surface area contributed by atoms with Crippen LogP contribution in [0, 0.1) is 12.7 Å². The number of aryl methyl sites for hydroxylation is 1. The number of hydrogen-bond acceptors (Lipinski definition) is 4. The number of piperidine rings is 1. The molecule has 2 heterocycles. The van der Waals surface area contributed by atoms with E-state index in [1.54, 1.807) is 6.92 Å². The van der Waals surface area contributed by atoms with Crippen LogP contribution >= 0.6 is 11.6 Å². The van der Waals surface area contributed by atoms with Crippen molar-refractivity contribution in [2.45, 2.75) is 26.2 Å². The molecule has 0 aliphatic carbocycles. The van der Waals surface area contributed by atoms with Crippen LogP contribution in [0.15, 0.2) is 24.4 Å². The Bertz CT molecular complexity index is 762. The van der Waals surface area contributed by atoms with Crippen molar-refractivity contribution in [2.24, 2.45) is 0 Å². The number of benzene rings is 1. The van der Waals surface area contributed by atoms with E-state index in [9.17, 15) is 9.18 Å². The first-order valence-electron chi connectivity index (χ1n) is 7.89. The van der Waals surface area contributed by atoms with Gasteiger partial charge in [0.15, 0.2) is 0 Å². The molecule has 1 aliphatic rings. The Hall–Kier alpha value is -2.21. The van der Waals surface area contributed by atoms with Gasteiger partial charge in [-0.05, 0) is 44.4 Å². The van der Waals surface area contributed by atoms with Crippen molar-refractivity contribution in [2.75, 3.05) is 23.3 Å². The van der Waals surface area contributed by atoms with Crippen LogP contribution in [0.1, 0.15) is 35.3 Å². The van der Waals surface area contributed by atoms with Crippen molar-refractivity contribution in [3.8, 4) is 0 Å². The van der Waals surface area contributed by atoms with Gasteiger partial charge in [0.05, 0.1) is 16.3 Å². The first-order valence-corrected chi connectivity index (χ1v) is 8.27. The molecule has 0 atom stereocenters. The number of halogens is 2. The number of nitrogens with one attached hydrogen (secondary N) is 1. The summed E-state index contributed by atoms with van der Waals surface area (Å²) < 4.78 is 13.2. The molecule has 1 aromatic carbocycles. The van der Waals surface area contributed by atoms with E-state index in [1.165, 1.54) is 30.8 Å². The molecule has 0 radical (unpaired) electrons. The molecule has 126 valence electrons. The average Bonchev–Trinajstić information content (AvgIpc) is 2.59. The van der Waals surface area contributed by atoms with Crippen LogP contribution < -0.4 is 10.2 Å². The van der Waals surface area contributed by atoms with Gasteiger partial charge in [-0.3, -0.25) is 4.79 Å². The minimum absolute atomic E-state index is 0.0405. The highest BCUT2D eigenvalue weighted by Crippen LogP contribution is 2.21. The molecular formula is C17H18ClFN4O. The summed E-state index contributed by atoms with van der Waals surface area (Å²) in [6, 6.07) is 4.03. The van der Waals surface area contributed by atoms with E-state index < -0.39 is 5.82 Å². The summed E-state index contributed by atoms with van der Waals surface area (Å²) in [6.07, 6.45) is 5.04. The molecule has 24 heavy (non-hydrogen) atoms. The van der Waals surface area contributed by atoms with E-state index in [2.05, 4.69) is 20.2 Å². The molecule has 1 saturated heterocycles.